The smallest absolute Gasteiger partial charge is 0.234 e. The summed E-state index contributed by atoms with van der Waals surface area (Å²) in [6.07, 6.45) is 1.61. The number of nitrogens with one attached hydrogen (secondary N) is 1. The van der Waals surface area contributed by atoms with Gasteiger partial charge in [0, 0.05) is 4.88 Å². The van der Waals surface area contributed by atoms with Gasteiger partial charge in [0.25, 0.3) is 0 Å². The Labute approximate surface area is 126 Å². The molecule has 0 bridgehead atoms. The van der Waals surface area contributed by atoms with Crippen molar-refractivity contribution in [3.8, 4) is 0 Å². The number of furan rings is 1. The van der Waals surface area contributed by atoms with E-state index in [1.54, 1.807) is 6.26 Å². The molecule has 0 aliphatic heterocycles. The van der Waals surface area contributed by atoms with Gasteiger partial charge >= 0.3 is 0 Å². The lowest BCUT2D eigenvalue weighted by Crippen LogP contribution is -2.46. The third-order valence-corrected chi connectivity index (χ3v) is 4.32. The summed E-state index contributed by atoms with van der Waals surface area (Å²) in [6.45, 7) is 3.89. The number of hydrogen-bond donors (Lipinski definition) is 2. The third kappa shape index (κ3) is 3.42. The van der Waals surface area contributed by atoms with E-state index in [2.05, 4.69) is 5.32 Å². The summed E-state index contributed by atoms with van der Waals surface area (Å²) in [5.41, 5.74) is 5.47. The van der Waals surface area contributed by atoms with Crippen LogP contribution < -0.4 is 11.1 Å². The third-order valence-electron chi connectivity index (χ3n) is 3.03. The van der Waals surface area contributed by atoms with Gasteiger partial charge in [-0.2, -0.15) is 0 Å². The minimum Gasteiger partial charge on any atom is -0.467 e. The molecule has 0 aliphatic rings. The second-order valence-electron chi connectivity index (χ2n) is 4.88. The van der Waals surface area contributed by atoms with E-state index < -0.39 is 6.04 Å². The van der Waals surface area contributed by atoms with E-state index in [-0.39, 0.29) is 17.9 Å². The molecule has 2 heterocycles. The molecule has 0 aromatic carbocycles. The maximum atomic E-state index is 11.6. The summed E-state index contributed by atoms with van der Waals surface area (Å²) in [5.74, 6) is 0.440. The van der Waals surface area contributed by atoms with Crippen molar-refractivity contribution in [2.24, 2.45) is 11.7 Å². The number of thiophene rings is 1. The number of nitrogens with two attached hydrogens (primary N) is 1. The zero-order valence-corrected chi connectivity index (χ0v) is 12.9. The Kier molecular flexibility index (Phi) is 4.86. The van der Waals surface area contributed by atoms with Crippen LogP contribution in [0.2, 0.25) is 4.34 Å². The minimum absolute atomic E-state index is 0.0837. The van der Waals surface area contributed by atoms with Crippen LogP contribution in [0.25, 0.3) is 0 Å². The monoisotopic (exact) mass is 312 g/mol. The fourth-order valence-electron chi connectivity index (χ4n) is 2.03. The fraction of sp³-hybridized carbons (Fsp3) is 0.357. The lowest BCUT2D eigenvalue weighted by Gasteiger charge is -2.24. The van der Waals surface area contributed by atoms with Gasteiger partial charge in [-0.3, -0.25) is 10.1 Å². The first-order valence-electron chi connectivity index (χ1n) is 6.33. The van der Waals surface area contributed by atoms with E-state index in [1.807, 2.05) is 38.1 Å². The maximum absolute atomic E-state index is 11.6. The molecule has 0 fully saturated rings. The molecule has 2 rings (SSSR count). The molecule has 2 aromatic rings. The van der Waals surface area contributed by atoms with Crippen molar-refractivity contribution in [3.05, 3.63) is 45.5 Å². The van der Waals surface area contributed by atoms with Crippen molar-refractivity contribution in [1.82, 2.24) is 5.32 Å². The lowest BCUT2D eigenvalue weighted by molar-refractivity contribution is -0.121. The molecule has 2 atom stereocenters. The highest BCUT2D eigenvalue weighted by atomic mass is 35.5. The molecule has 108 valence electrons. The van der Waals surface area contributed by atoms with Crippen LogP contribution in [0.3, 0.4) is 0 Å². The van der Waals surface area contributed by atoms with Crippen LogP contribution in [0.4, 0.5) is 0 Å². The number of hydrogen-bond acceptors (Lipinski definition) is 4. The van der Waals surface area contributed by atoms with Gasteiger partial charge in [-0.1, -0.05) is 25.4 Å². The number of carbonyl (C=O) groups excluding carboxylic acids is 1. The molecule has 20 heavy (non-hydrogen) atoms. The van der Waals surface area contributed by atoms with Gasteiger partial charge in [0.05, 0.1) is 16.6 Å². The highest BCUT2D eigenvalue weighted by Crippen LogP contribution is 2.32. The first kappa shape index (κ1) is 15.1. The second kappa shape index (κ2) is 6.43. The molecule has 0 aliphatic carbocycles. The van der Waals surface area contributed by atoms with Gasteiger partial charge in [0.15, 0.2) is 0 Å². The zero-order chi connectivity index (χ0) is 14.7. The number of amides is 1. The molecule has 2 unspecified atom stereocenters. The zero-order valence-electron chi connectivity index (χ0n) is 11.3. The van der Waals surface area contributed by atoms with Crippen LogP contribution in [0.1, 0.15) is 30.5 Å². The average Bonchev–Trinajstić information content (AvgIpc) is 3.00. The number of rotatable bonds is 6. The summed E-state index contributed by atoms with van der Waals surface area (Å²) < 4.78 is 6.16. The highest BCUT2D eigenvalue weighted by Gasteiger charge is 2.27. The Morgan fingerprint density at radius 3 is 2.60 bits per heavy atom. The van der Waals surface area contributed by atoms with Gasteiger partial charge in [0.2, 0.25) is 5.91 Å². The van der Waals surface area contributed by atoms with E-state index in [0.29, 0.717) is 4.34 Å². The van der Waals surface area contributed by atoms with Gasteiger partial charge in [0.1, 0.15) is 11.8 Å². The number of halogens is 1. The molecule has 0 saturated heterocycles. The van der Waals surface area contributed by atoms with E-state index in [9.17, 15) is 4.79 Å². The Hall–Kier alpha value is -1.30. The van der Waals surface area contributed by atoms with Crippen molar-refractivity contribution >= 4 is 28.8 Å². The topological polar surface area (TPSA) is 68.3 Å². The quantitative estimate of drug-likeness (QED) is 0.860. The molecule has 2 aromatic heterocycles. The van der Waals surface area contributed by atoms with E-state index >= 15 is 0 Å². The molecule has 6 heteroatoms. The Balaban J connectivity index is 2.30. The van der Waals surface area contributed by atoms with Gasteiger partial charge in [-0.15, -0.1) is 11.3 Å². The highest BCUT2D eigenvalue weighted by molar-refractivity contribution is 7.16. The van der Waals surface area contributed by atoms with E-state index in [4.69, 9.17) is 21.8 Å². The first-order valence-corrected chi connectivity index (χ1v) is 7.52. The molecular weight excluding hydrogens is 296 g/mol. The number of primary amides is 1. The summed E-state index contributed by atoms with van der Waals surface area (Å²) in [7, 11) is 0. The summed E-state index contributed by atoms with van der Waals surface area (Å²) in [5, 5.41) is 3.27. The van der Waals surface area contributed by atoms with Crippen molar-refractivity contribution < 1.29 is 9.21 Å². The summed E-state index contributed by atoms with van der Waals surface area (Å²) in [4.78, 5) is 12.6. The van der Waals surface area contributed by atoms with Crippen molar-refractivity contribution in [1.29, 1.82) is 0 Å². The molecule has 4 nitrogen and oxygen atoms in total. The Morgan fingerprint density at radius 2 is 2.15 bits per heavy atom. The van der Waals surface area contributed by atoms with Crippen LogP contribution in [-0.4, -0.2) is 11.9 Å². The van der Waals surface area contributed by atoms with E-state index in [1.165, 1.54) is 11.3 Å². The first-order chi connectivity index (χ1) is 9.49. The van der Waals surface area contributed by atoms with Crippen molar-refractivity contribution in [2.75, 3.05) is 0 Å². The molecule has 1 amide bonds. The van der Waals surface area contributed by atoms with Crippen LogP contribution in [0.5, 0.6) is 0 Å². The van der Waals surface area contributed by atoms with Gasteiger partial charge < -0.3 is 10.2 Å². The minimum atomic E-state index is -0.439. The van der Waals surface area contributed by atoms with Crippen LogP contribution >= 0.6 is 22.9 Å². The van der Waals surface area contributed by atoms with Crippen molar-refractivity contribution in [3.63, 3.8) is 0 Å². The fourth-order valence-corrected chi connectivity index (χ4v) is 3.16. The van der Waals surface area contributed by atoms with Crippen LogP contribution in [0.15, 0.2) is 34.9 Å². The maximum Gasteiger partial charge on any atom is 0.234 e. The Morgan fingerprint density at radius 1 is 1.40 bits per heavy atom. The summed E-state index contributed by atoms with van der Waals surface area (Å²) >= 11 is 7.45. The molecule has 0 radical (unpaired) electrons. The van der Waals surface area contributed by atoms with Crippen LogP contribution in [-0.2, 0) is 4.79 Å². The lowest BCUT2D eigenvalue weighted by atomic mass is 10.0. The van der Waals surface area contributed by atoms with Crippen LogP contribution in [0, 0.1) is 5.92 Å². The molecule has 0 spiro atoms. The Bertz CT molecular complexity index is 566. The predicted molar refractivity (Wildman–Crippen MR) is 80.8 cm³/mol. The number of carbonyl (C=O) groups is 1. The van der Waals surface area contributed by atoms with Crippen molar-refractivity contribution in [2.45, 2.75) is 25.9 Å². The van der Waals surface area contributed by atoms with Gasteiger partial charge in [-0.05, 0) is 30.2 Å². The summed E-state index contributed by atoms with van der Waals surface area (Å²) in [6, 6.07) is 6.75. The normalized spacial score (nSPS) is 14.4. The largest absolute Gasteiger partial charge is 0.467 e. The second-order valence-corrected chi connectivity index (χ2v) is 6.63. The SMILES string of the molecule is CC(C)C(NC(c1ccco1)c1ccc(Cl)s1)C(N)=O. The van der Waals surface area contributed by atoms with Gasteiger partial charge in [-0.25, -0.2) is 0 Å². The predicted octanol–water partition coefficient (Wildman–Crippen LogP) is 3.18. The van der Waals surface area contributed by atoms with E-state index in [0.717, 1.165) is 10.6 Å². The molecular formula is C14H17ClN2O2S. The average molecular weight is 313 g/mol. The molecule has 0 saturated carbocycles. The molecule has 3 N–H and O–H groups in total. The standard InChI is InChI=1S/C14H17ClN2O2S/c1-8(2)12(14(16)18)17-13(9-4-3-7-19-9)10-5-6-11(15)20-10/h3-8,12-13,17H,1-2H3,(H2,16,18).